The van der Waals surface area contributed by atoms with Crippen molar-refractivity contribution in [3.8, 4) is 5.75 Å². The molecule has 0 aliphatic carbocycles. The summed E-state index contributed by atoms with van der Waals surface area (Å²) in [7, 11) is 1.59. The molecule has 2 fully saturated rings. The minimum absolute atomic E-state index is 0.00401. The van der Waals surface area contributed by atoms with Crippen molar-refractivity contribution in [2.45, 2.75) is 6.10 Å². The maximum absolute atomic E-state index is 13.5. The van der Waals surface area contributed by atoms with Gasteiger partial charge in [0, 0.05) is 56.9 Å². The topological polar surface area (TPSA) is 62.3 Å². The lowest BCUT2D eigenvalue weighted by Gasteiger charge is -2.39. The molecule has 0 bridgehead atoms. The van der Waals surface area contributed by atoms with Gasteiger partial charge in [0.2, 0.25) is 0 Å². The molecule has 32 heavy (non-hydrogen) atoms. The third-order valence-electron chi connectivity index (χ3n) is 5.94. The van der Waals surface area contributed by atoms with Gasteiger partial charge in [-0.1, -0.05) is 12.1 Å². The van der Waals surface area contributed by atoms with Crippen molar-refractivity contribution in [2.75, 3.05) is 59.5 Å². The van der Waals surface area contributed by atoms with Crippen LogP contribution in [0.1, 0.15) is 20.7 Å². The van der Waals surface area contributed by atoms with Crippen molar-refractivity contribution in [3.05, 3.63) is 65.5 Å². The van der Waals surface area contributed by atoms with E-state index in [1.165, 1.54) is 12.1 Å². The summed E-state index contributed by atoms with van der Waals surface area (Å²) in [6, 6.07) is 13.0. The van der Waals surface area contributed by atoms with Crippen molar-refractivity contribution in [2.24, 2.45) is 0 Å². The van der Waals surface area contributed by atoms with Gasteiger partial charge in [0.05, 0.1) is 19.8 Å². The van der Waals surface area contributed by atoms with Gasteiger partial charge in [0.15, 0.2) is 0 Å². The molecule has 0 radical (unpaired) electrons. The summed E-state index contributed by atoms with van der Waals surface area (Å²) in [6.07, 6.45) is -0.109. The fourth-order valence-electron chi connectivity index (χ4n) is 4.18. The van der Waals surface area contributed by atoms with E-state index in [0.717, 1.165) is 13.1 Å². The van der Waals surface area contributed by atoms with Crippen LogP contribution in [0, 0.1) is 5.82 Å². The number of halogens is 1. The van der Waals surface area contributed by atoms with Crippen molar-refractivity contribution in [1.29, 1.82) is 0 Å². The van der Waals surface area contributed by atoms with Crippen LogP contribution in [0.15, 0.2) is 48.5 Å². The van der Waals surface area contributed by atoms with E-state index in [2.05, 4.69) is 4.90 Å². The monoisotopic (exact) mass is 441 g/mol. The molecule has 2 amide bonds. The Morgan fingerprint density at radius 3 is 2.38 bits per heavy atom. The number of hydrogen-bond donors (Lipinski definition) is 0. The number of carbonyl (C=O) groups excluding carboxylic acids is 2. The van der Waals surface area contributed by atoms with E-state index in [1.54, 1.807) is 36.3 Å². The van der Waals surface area contributed by atoms with Gasteiger partial charge in [-0.25, -0.2) is 4.39 Å². The Labute approximate surface area is 187 Å². The minimum Gasteiger partial charge on any atom is -0.497 e. The molecule has 170 valence electrons. The Bertz CT molecular complexity index is 962. The lowest BCUT2D eigenvalue weighted by atomic mass is 10.1. The van der Waals surface area contributed by atoms with Crippen LogP contribution in [0.2, 0.25) is 0 Å². The number of benzene rings is 2. The fraction of sp³-hybridized carbons (Fsp3) is 0.417. The highest BCUT2D eigenvalue weighted by molar-refractivity contribution is 5.95. The van der Waals surface area contributed by atoms with Gasteiger partial charge < -0.3 is 19.3 Å². The van der Waals surface area contributed by atoms with Gasteiger partial charge in [0.1, 0.15) is 11.6 Å². The second kappa shape index (κ2) is 10.1. The molecule has 1 atom stereocenters. The number of amides is 2. The summed E-state index contributed by atoms with van der Waals surface area (Å²) in [6.45, 7) is 4.87. The first-order valence-electron chi connectivity index (χ1n) is 10.9. The predicted molar refractivity (Wildman–Crippen MR) is 117 cm³/mol. The molecule has 8 heteroatoms. The third kappa shape index (κ3) is 5.26. The molecule has 0 spiro atoms. The maximum atomic E-state index is 13.5. The van der Waals surface area contributed by atoms with Crippen LogP contribution in [0.25, 0.3) is 0 Å². The highest BCUT2D eigenvalue weighted by atomic mass is 19.1. The second-order valence-corrected chi connectivity index (χ2v) is 8.08. The molecule has 4 rings (SSSR count). The Morgan fingerprint density at radius 1 is 0.969 bits per heavy atom. The average molecular weight is 442 g/mol. The highest BCUT2D eigenvalue weighted by Gasteiger charge is 2.29. The SMILES string of the molecule is COc1cccc(C(=O)N2CCN(CC3CN(C(=O)c4cccc(F)c4)CCO3)CC2)c1. The number of carbonyl (C=O) groups is 2. The second-order valence-electron chi connectivity index (χ2n) is 8.08. The number of ether oxygens (including phenoxy) is 2. The van der Waals surface area contributed by atoms with E-state index >= 15 is 0 Å². The largest absolute Gasteiger partial charge is 0.497 e. The van der Waals surface area contributed by atoms with Crippen molar-refractivity contribution in [1.82, 2.24) is 14.7 Å². The molecular weight excluding hydrogens is 413 g/mol. The van der Waals surface area contributed by atoms with Crippen molar-refractivity contribution < 1.29 is 23.5 Å². The summed E-state index contributed by atoms with van der Waals surface area (Å²) in [5, 5.41) is 0. The number of morpholine rings is 1. The van der Waals surface area contributed by atoms with Crippen LogP contribution in [-0.4, -0.2) is 92.1 Å². The summed E-state index contributed by atoms with van der Waals surface area (Å²) < 4.78 is 24.6. The first-order chi connectivity index (χ1) is 15.5. The molecule has 2 heterocycles. The van der Waals surface area contributed by atoms with Gasteiger partial charge in [-0.05, 0) is 36.4 Å². The average Bonchev–Trinajstić information content (AvgIpc) is 2.84. The zero-order valence-electron chi connectivity index (χ0n) is 18.2. The quantitative estimate of drug-likeness (QED) is 0.712. The van der Waals surface area contributed by atoms with Gasteiger partial charge in [0.25, 0.3) is 11.8 Å². The van der Waals surface area contributed by atoms with Crippen LogP contribution in [0.3, 0.4) is 0 Å². The van der Waals surface area contributed by atoms with Crippen LogP contribution in [0.4, 0.5) is 4.39 Å². The first kappa shape index (κ1) is 22.2. The van der Waals surface area contributed by atoms with Crippen LogP contribution < -0.4 is 4.74 Å². The Morgan fingerprint density at radius 2 is 1.66 bits per heavy atom. The standard InChI is InChI=1S/C24H28FN3O4/c1-31-21-7-3-5-19(15-21)23(29)27-10-8-26(9-11-27)16-22-17-28(12-13-32-22)24(30)18-4-2-6-20(25)14-18/h2-7,14-15,22H,8-13,16-17H2,1H3. The minimum atomic E-state index is -0.415. The maximum Gasteiger partial charge on any atom is 0.254 e. The molecule has 2 aliphatic rings. The molecule has 2 aliphatic heterocycles. The molecule has 0 saturated carbocycles. The molecule has 2 aromatic rings. The number of rotatable bonds is 5. The van der Waals surface area contributed by atoms with E-state index in [1.807, 2.05) is 17.0 Å². The van der Waals surface area contributed by atoms with Gasteiger partial charge in [-0.3, -0.25) is 14.5 Å². The predicted octanol–water partition coefficient (Wildman–Crippen LogP) is 2.13. The number of piperazine rings is 1. The summed E-state index contributed by atoms with van der Waals surface area (Å²) >= 11 is 0. The van der Waals surface area contributed by atoms with Crippen molar-refractivity contribution >= 4 is 11.8 Å². The normalized spacial score (nSPS) is 19.6. The zero-order chi connectivity index (χ0) is 22.5. The molecule has 1 unspecified atom stereocenters. The fourth-order valence-corrected chi connectivity index (χ4v) is 4.18. The Balaban J connectivity index is 1.28. The van der Waals surface area contributed by atoms with Crippen LogP contribution >= 0.6 is 0 Å². The molecule has 2 saturated heterocycles. The summed E-state index contributed by atoms with van der Waals surface area (Å²) in [5.74, 6) is 0.0825. The van der Waals surface area contributed by atoms with E-state index in [-0.39, 0.29) is 17.9 Å². The zero-order valence-corrected chi connectivity index (χ0v) is 18.2. The molecule has 0 aromatic heterocycles. The van der Waals surface area contributed by atoms with Gasteiger partial charge in [-0.15, -0.1) is 0 Å². The van der Waals surface area contributed by atoms with Gasteiger partial charge in [-0.2, -0.15) is 0 Å². The Hall–Kier alpha value is -2.97. The van der Waals surface area contributed by atoms with Crippen LogP contribution in [0.5, 0.6) is 5.75 Å². The lowest BCUT2D eigenvalue weighted by molar-refractivity contribution is -0.0400. The third-order valence-corrected chi connectivity index (χ3v) is 5.94. The highest BCUT2D eigenvalue weighted by Crippen LogP contribution is 2.17. The smallest absolute Gasteiger partial charge is 0.254 e. The molecule has 2 aromatic carbocycles. The van der Waals surface area contributed by atoms with Crippen LogP contribution in [-0.2, 0) is 4.74 Å². The number of nitrogens with zero attached hydrogens (tertiary/aromatic N) is 3. The molecular formula is C24H28FN3O4. The summed E-state index contributed by atoms with van der Waals surface area (Å²) in [5.41, 5.74) is 0.982. The van der Waals surface area contributed by atoms with E-state index in [4.69, 9.17) is 9.47 Å². The first-order valence-corrected chi connectivity index (χ1v) is 10.9. The number of methoxy groups -OCH3 is 1. The van der Waals surface area contributed by atoms with Gasteiger partial charge >= 0.3 is 0 Å². The summed E-state index contributed by atoms with van der Waals surface area (Å²) in [4.78, 5) is 31.4. The Kier molecular flexibility index (Phi) is 7.02. The van der Waals surface area contributed by atoms with E-state index < -0.39 is 5.82 Å². The van der Waals surface area contributed by atoms with E-state index in [0.29, 0.717) is 56.2 Å². The molecule has 0 N–H and O–H groups in total. The lowest BCUT2D eigenvalue weighted by Crippen LogP contribution is -2.54. The molecule has 7 nitrogen and oxygen atoms in total. The van der Waals surface area contributed by atoms with E-state index in [9.17, 15) is 14.0 Å². The van der Waals surface area contributed by atoms with Crippen molar-refractivity contribution in [3.63, 3.8) is 0 Å². The number of hydrogen-bond acceptors (Lipinski definition) is 5.